The van der Waals surface area contributed by atoms with E-state index in [0.29, 0.717) is 23.6 Å². The maximum absolute atomic E-state index is 11.9. The summed E-state index contributed by atoms with van der Waals surface area (Å²) in [5.41, 5.74) is 7.66. The lowest BCUT2D eigenvalue weighted by atomic mass is 10.1. The van der Waals surface area contributed by atoms with E-state index in [4.69, 9.17) is 5.73 Å². The Morgan fingerprint density at radius 1 is 1.44 bits per heavy atom. The molecule has 0 spiro atoms. The first-order valence-corrected chi connectivity index (χ1v) is 6.22. The first-order valence-electron chi connectivity index (χ1n) is 6.22. The normalized spacial score (nSPS) is 12.5. The summed E-state index contributed by atoms with van der Waals surface area (Å²) in [4.78, 5) is 11.9. The lowest BCUT2D eigenvalue weighted by Crippen LogP contribution is -2.33. The molecular formula is C14H22N2O2. The van der Waals surface area contributed by atoms with Crippen LogP contribution in [0.4, 0.5) is 5.69 Å². The second-order valence-corrected chi connectivity index (χ2v) is 5.07. The third-order valence-electron chi connectivity index (χ3n) is 2.75. The van der Waals surface area contributed by atoms with E-state index >= 15 is 0 Å². The van der Waals surface area contributed by atoms with Gasteiger partial charge in [-0.2, -0.15) is 0 Å². The molecule has 0 aromatic heterocycles. The van der Waals surface area contributed by atoms with Crippen LogP contribution in [-0.4, -0.2) is 23.7 Å². The fourth-order valence-corrected chi connectivity index (χ4v) is 1.82. The predicted molar refractivity (Wildman–Crippen MR) is 73.4 cm³/mol. The third-order valence-corrected chi connectivity index (χ3v) is 2.75. The Morgan fingerprint density at radius 3 is 2.72 bits per heavy atom. The van der Waals surface area contributed by atoms with Crippen molar-refractivity contribution in [2.24, 2.45) is 5.92 Å². The highest BCUT2D eigenvalue weighted by atomic mass is 16.3. The minimum absolute atomic E-state index is 0.192. The molecule has 0 bridgehead atoms. The Bertz CT molecular complexity index is 416. The van der Waals surface area contributed by atoms with Crippen molar-refractivity contribution >= 4 is 11.6 Å². The number of anilines is 1. The van der Waals surface area contributed by atoms with Gasteiger partial charge in [-0.3, -0.25) is 4.79 Å². The van der Waals surface area contributed by atoms with Gasteiger partial charge in [-0.15, -0.1) is 0 Å². The topological polar surface area (TPSA) is 75.4 Å². The molecule has 0 saturated carbocycles. The van der Waals surface area contributed by atoms with E-state index in [9.17, 15) is 9.90 Å². The van der Waals surface area contributed by atoms with Crippen LogP contribution in [0.25, 0.3) is 0 Å². The molecule has 1 atom stereocenters. The van der Waals surface area contributed by atoms with Crippen molar-refractivity contribution in [3.05, 3.63) is 29.3 Å². The SMILES string of the molecule is Cc1ccc(N)cc1C(=O)NCC(O)CC(C)C. The first-order chi connectivity index (χ1) is 8.40. The van der Waals surface area contributed by atoms with Gasteiger partial charge < -0.3 is 16.2 Å². The van der Waals surface area contributed by atoms with Gasteiger partial charge in [0.05, 0.1) is 6.10 Å². The summed E-state index contributed by atoms with van der Waals surface area (Å²) in [6, 6.07) is 5.23. The molecule has 0 saturated heterocycles. The van der Waals surface area contributed by atoms with Crippen LogP contribution >= 0.6 is 0 Å². The Morgan fingerprint density at radius 2 is 2.11 bits per heavy atom. The lowest BCUT2D eigenvalue weighted by Gasteiger charge is -2.14. The van der Waals surface area contributed by atoms with Gasteiger partial charge in [0.2, 0.25) is 0 Å². The molecule has 1 amide bonds. The minimum Gasteiger partial charge on any atom is -0.399 e. The number of aryl methyl sites for hydroxylation is 1. The summed E-state index contributed by atoms with van der Waals surface area (Å²) in [6.45, 7) is 6.20. The molecule has 0 radical (unpaired) electrons. The number of nitrogen functional groups attached to an aromatic ring is 1. The number of hydrogen-bond donors (Lipinski definition) is 3. The molecule has 100 valence electrons. The van der Waals surface area contributed by atoms with Crippen LogP contribution in [0.1, 0.15) is 36.2 Å². The van der Waals surface area contributed by atoms with Crippen LogP contribution < -0.4 is 11.1 Å². The van der Waals surface area contributed by atoms with Crippen LogP contribution in [0.3, 0.4) is 0 Å². The second kappa shape index (κ2) is 6.40. The zero-order valence-corrected chi connectivity index (χ0v) is 11.2. The fourth-order valence-electron chi connectivity index (χ4n) is 1.82. The molecule has 4 N–H and O–H groups in total. The fraction of sp³-hybridized carbons (Fsp3) is 0.500. The van der Waals surface area contributed by atoms with E-state index in [1.165, 1.54) is 0 Å². The maximum Gasteiger partial charge on any atom is 0.251 e. The van der Waals surface area contributed by atoms with Crippen molar-refractivity contribution in [2.75, 3.05) is 12.3 Å². The second-order valence-electron chi connectivity index (χ2n) is 5.07. The summed E-state index contributed by atoms with van der Waals surface area (Å²) in [6.07, 6.45) is 0.172. The van der Waals surface area contributed by atoms with Crippen LogP contribution in [-0.2, 0) is 0 Å². The molecule has 0 fully saturated rings. The number of carbonyl (C=O) groups is 1. The van der Waals surface area contributed by atoms with E-state index in [1.54, 1.807) is 12.1 Å². The van der Waals surface area contributed by atoms with Gasteiger partial charge in [0.25, 0.3) is 5.91 Å². The molecule has 1 aromatic rings. The number of hydrogen-bond acceptors (Lipinski definition) is 3. The van der Waals surface area contributed by atoms with Gasteiger partial charge in [-0.1, -0.05) is 19.9 Å². The van der Waals surface area contributed by atoms with Crippen molar-refractivity contribution in [2.45, 2.75) is 33.3 Å². The maximum atomic E-state index is 11.9. The highest BCUT2D eigenvalue weighted by Crippen LogP contribution is 2.12. The van der Waals surface area contributed by atoms with E-state index in [-0.39, 0.29) is 12.5 Å². The third kappa shape index (κ3) is 4.37. The van der Waals surface area contributed by atoms with Crippen molar-refractivity contribution in [1.82, 2.24) is 5.32 Å². The minimum atomic E-state index is -0.504. The summed E-state index contributed by atoms with van der Waals surface area (Å²) in [5, 5.41) is 12.4. The zero-order chi connectivity index (χ0) is 13.7. The Balaban J connectivity index is 2.58. The van der Waals surface area contributed by atoms with Gasteiger partial charge in [-0.05, 0) is 37.0 Å². The average Bonchev–Trinajstić information content (AvgIpc) is 2.28. The lowest BCUT2D eigenvalue weighted by molar-refractivity contribution is 0.0899. The number of nitrogens with one attached hydrogen (secondary N) is 1. The van der Waals surface area contributed by atoms with E-state index < -0.39 is 6.10 Å². The van der Waals surface area contributed by atoms with Gasteiger partial charge in [0.15, 0.2) is 0 Å². The Labute approximate surface area is 108 Å². The van der Waals surface area contributed by atoms with E-state index in [0.717, 1.165) is 5.56 Å². The molecule has 4 nitrogen and oxygen atoms in total. The number of nitrogens with two attached hydrogens (primary N) is 1. The van der Waals surface area contributed by atoms with Gasteiger partial charge in [-0.25, -0.2) is 0 Å². The molecular weight excluding hydrogens is 228 g/mol. The number of benzene rings is 1. The van der Waals surface area contributed by atoms with Gasteiger partial charge in [0, 0.05) is 17.8 Å². The number of aliphatic hydroxyl groups excluding tert-OH is 1. The van der Waals surface area contributed by atoms with Crippen LogP contribution in [0.5, 0.6) is 0 Å². The molecule has 1 aromatic carbocycles. The van der Waals surface area contributed by atoms with Gasteiger partial charge >= 0.3 is 0 Å². The molecule has 1 unspecified atom stereocenters. The van der Waals surface area contributed by atoms with Crippen molar-refractivity contribution < 1.29 is 9.90 Å². The number of carbonyl (C=O) groups excluding carboxylic acids is 1. The standard InChI is InChI=1S/C14H22N2O2/c1-9(2)6-12(17)8-16-14(18)13-7-11(15)5-4-10(13)3/h4-5,7,9,12,17H,6,8,15H2,1-3H3,(H,16,18). The summed E-state index contributed by atoms with van der Waals surface area (Å²) >= 11 is 0. The molecule has 0 aliphatic heterocycles. The van der Waals surface area contributed by atoms with Crippen molar-refractivity contribution in [3.8, 4) is 0 Å². The molecule has 0 aliphatic carbocycles. The number of rotatable bonds is 5. The highest BCUT2D eigenvalue weighted by molar-refractivity contribution is 5.96. The van der Waals surface area contributed by atoms with Crippen molar-refractivity contribution in [1.29, 1.82) is 0 Å². The highest BCUT2D eigenvalue weighted by Gasteiger charge is 2.12. The summed E-state index contributed by atoms with van der Waals surface area (Å²) < 4.78 is 0. The largest absolute Gasteiger partial charge is 0.399 e. The average molecular weight is 250 g/mol. The number of aliphatic hydroxyl groups is 1. The Hall–Kier alpha value is -1.55. The molecule has 18 heavy (non-hydrogen) atoms. The van der Waals surface area contributed by atoms with E-state index in [1.807, 2.05) is 26.8 Å². The quantitative estimate of drug-likeness (QED) is 0.696. The monoisotopic (exact) mass is 250 g/mol. The summed E-state index contributed by atoms with van der Waals surface area (Å²) in [7, 11) is 0. The Kier molecular flexibility index (Phi) is 5.16. The predicted octanol–water partition coefficient (Wildman–Crippen LogP) is 1.71. The van der Waals surface area contributed by atoms with Crippen molar-refractivity contribution in [3.63, 3.8) is 0 Å². The molecule has 0 heterocycles. The smallest absolute Gasteiger partial charge is 0.251 e. The summed E-state index contributed by atoms with van der Waals surface area (Å²) in [5.74, 6) is 0.216. The molecule has 1 rings (SSSR count). The van der Waals surface area contributed by atoms with Crippen LogP contribution in [0.15, 0.2) is 18.2 Å². The van der Waals surface area contributed by atoms with Gasteiger partial charge in [0.1, 0.15) is 0 Å². The van der Waals surface area contributed by atoms with Crippen LogP contribution in [0, 0.1) is 12.8 Å². The first kappa shape index (κ1) is 14.5. The van der Waals surface area contributed by atoms with E-state index in [2.05, 4.69) is 5.32 Å². The zero-order valence-electron chi connectivity index (χ0n) is 11.2. The number of amides is 1. The van der Waals surface area contributed by atoms with Crippen LogP contribution in [0.2, 0.25) is 0 Å². The molecule has 4 heteroatoms. The molecule has 0 aliphatic rings.